The van der Waals surface area contributed by atoms with Crippen LogP contribution in [0.2, 0.25) is 0 Å². The molecular formula is C21H14O6. The van der Waals surface area contributed by atoms with Gasteiger partial charge in [0.25, 0.3) is 0 Å². The van der Waals surface area contributed by atoms with Gasteiger partial charge in [-0.25, -0.2) is 9.59 Å². The Balaban J connectivity index is 2.13. The quantitative estimate of drug-likeness (QED) is 0.313. The van der Waals surface area contributed by atoms with Gasteiger partial charge in [0.05, 0.1) is 22.9 Å². The maximum Gasteiger partial charge on any atom is 0.339 e. The monoisotopic (exact) mass is 362 g/mol. The van der Waals surface area contributed by atoms with E-state index in [1.807, 2.05) is 30.3 Å². The number of fused-ring (bicyclic) bond motifs is 3. The molecule has 0 N–H and O–H groups in total. The molecule has 27 heavy (non-hydrogen) atoms. The molecule has 2 aromatic carbocycles. The molecule has 0 amide bonds. The van der Waals surface area contributed by atoms with Gasteiger partial charge in [0.2, 0.25) is 0 Å². The fourth-order valence-corrected chi connectivity index (χ4v) is 2.98. The van der Waals surface area contributed by atoms with Gasteiger partial charge in [0.15, 0.2) is 5.43 Å². The summed E-state index contributed by atoms with van der Waals surface area (Å²) in [6, 6.07) is 14.5. The van der Waals surface area contributed by atoms with Crippen molar-refractivity contribution in [2.45, 2.75) is 6.92 Å². The van der Waals surface area contributed by atoms with Crippen LogP contribution in [0.15, 0.2) is 73.0 Å². The summed E-state index contributed by atoms with van der Waals surface area (Å²) in [5.41, 5.74) is 0.0761. The zero-order chi connectivity index (χ0) is 19.0. The second-order valence-electron chi connectivity index (χ2n) is 5.86. The van der Waals surface area contributed by atoms with Crippen molar-refractivity contribution in [3.63, 3.8) is 0 Å². The topological polar surface area (TPSA) is 86.7 Å². The Labute approximate surface area is 152 Å². The molecule has 0 bridgehead atoms. The predicted octanol–water partition coefficient (Wildman–Crippen LogP) is 3.74. The van der Waals surface area contributed by atoms with Crippen LogP contribution in [0.3, 0.4) is 0 Å². The first kappa shape index (κ1) is 16.8. The average Bonchev–Trinajstić information content (AvgIpc) is 2.67. The normalized spacial score (nSPS) is 11.0. The van der Waals surface area contributed by atoms with Gasteiger partial charge >= 0.3 is 11.6 Å². The smallest absolute Gasteiger partial charge is 0.339 e. The third kappa shape index (κ3) is 2.91. The Hall–Kier alpha value is -3.67. The highest BCUT2D eigenvalue weighted by atomic mass is 16.5. The molecule has 0 aliphatic rings. The average molecular weight is 362 g/mol. The van der Waals surface area contributed by atoms with E-state index in [1.54, 1.807) is 6.92 Å². The SMILES string of the molecule is CCOC(=O)c1cc(=O)oc2ccc3c(=O)cc(-c4ccccc4)oc3c12. The lowest BCUT2D eigenvalue weighted by atomic mass is 10.1. The van der Waals surface area contributed by atoms with Crippen molar-refractivity contribution in [3.8, 4) is 11.3 Å². The molecule has 2 heterocycles. The number of ether oxygens (including phenoxy) is 1. The van der Waals surface area contributed by atoms with Crippen LogP contribution in [0.1, 0.15) is 17.3 Å². The molecular weight excluding hydrogens is 348 g/mol. The van der Waals surface area contributed by atoms with Gasteiger partial charge in [-0.15, -0.1) is 0 Å². The standard InChI is InChI=1S/C21H14O6/c1-2-25-21(24)14-10-18(23)26-16-9-8-13-15(22)11-17(27-20(13)19(14)16)12-6-4-3-5-7-12/h3-11H,2H2,1H3. The van der Waals surface area contributed by atoms with Crippen LogP contribution in [-0.2, 0) is 4.74 Å². The summed E-state index contributed by atoms with van der Waals surface area (Å²) < 4.78 is 16.2. The maximum absolute atomic E-state index is 12.6. The van der Waals surface area contributed by atoms with Crippen molar-refractivity contribution in [1.29, 1.82) is 0 Å². The molecule has 2 aromatic heterocycles. The molecule has 4 aromatic rings. The number of hydrogen-bond donors (Lipinski definition) is 0. The second-order valence-corrected chi connectivity index (χ2v) is 5.86. The Morgan fingerprint density at radius 2 is 1.78 bits per heavy atom. The number of benzene rings is 2. The maximum atomic E-state index is 12.6. The van der Waals surface area contributed by atoms with Crippen molar-refractivity contribution in [1.82, 2.24) is 0 Å². The van der Waals surface area contributed by atoms with Crippen molar-refractivity contribution in [2.24, 2.45) is 0 Å². The first-order valence-corrected chi connectivity index (χ1v) is 8.35. The van der Waals surface area contributed by atoms with E-state index in [1.165, 1.54) is 18.2 Å². The van der Waals surface area contributed by atoms with Crippen LogP contribution in [0.5, 0.6) is 0 Å². The molecule has 6 nitrogen and oxygen atoms in total. The molecule has 134 valence electrons. The van der Waals surface area contributed by atoms with Crippen LogP contribution < -0.4 is 11.1 Å². The van der Waals surface area contributed by atoms with E-state index in [9.17, 15) is 14.4 Å². The van der Waals surface area contributed by atoms with E-state index in [2.05, 4.69) is 0 Å². The molecule has 0 saturated heterocycles. The van der Waals surface area contributed by atoms with Gasteiger partial charge < -0.3 is 13.6 Å². The lowest BCUT2D eigenvalue weighted by Gasteiger charge is -2.09. The van der Waals surface area contributed by atoms with Crippen LogP contribution in [0.4, 0.5) is 0 Å². The Morgan fingerprint density at radius 3 is 2.52 bits per heavy atom. The van der Waals surface area contributed by atoms with Gasteiger partial charge in [-0.1, -0.05) is 30.3 Å². The summed E-state index contributed by atoms with van der Waals surface area (Å²) in [4.78, 5) is 36.8. The molecule has 0 fully saturated rings. The molecule has 0 aliphatic carbocycles. The minimum absolute atomic E-state index is 0.00191. The molecule has 0 atom stereocenters. The van der Waals surface area contributed by atoms with E-state index in [4.69, 9.17) is 13.6 Å². The van der Waals surface area contributed by atoms with Crippen LogP contribution in [-0.4, -0.2) is 12.6 Å². The van der Waals surface area contributed by atoms with E-state index in [0.717, 1.165) is 6.07 Å². The van der Waals surface area contributed by atoms with E-state index >= 15 is 0 Å². The van der Waals surface area contributed by atoms with Gasteiger partial charge in [0, 0.05) is 17.7 Å². The zero-order valence-electron chi connectivity index (χ0n) is 14.4. The first-order chi connectivity index (χ1) is 13.1. The largest absolute Gasteiger partial charge is 0.462 e. The van der Waals surface area contributed by atoms with Gasteiger partial charge in [0.1, 0.15) is 16.9 Å². The van der Waals surface area contributed by atoms with Crippen LogP contribution in [0.25, 0.3) is 33.3 Å². The summed E-state index contributed by atoms with van der Waals surface area (Å²) in [6.45, 7) is 1.81. The van der Waals surface area contributed by atoms with Gasteiger partial charge in [-0.3, -0.25) is 4.79 Å². The molecule has 4 rings (SSSR count). The lowest BCUT2D eigenvalue weighted by Crippen LogP contribution is -2.11. The summed E-state index contributed by atoms with van der Waals surface area (Å²) in [5, 5.41) is 0.516. The first-order valence-electron chi connectivity index (χ1n) is 8.35. The molecule has 0 saturated carbocycles. The minimum Gasteiger partial charge on any atom is -0.462 e. The second kappa shape index (κ2) is 6.57. The highest BCUT2D eigenvalue weighted by molar-refractivity contribution is 6.12. The number of carbonyl (C=O) groups excluding carboxylic acids is 1. The van der Waals surface area contributed by atoms with E-state index in [-0.39, 0.29) is 39.5 Å². The molecule has 0 unspecified atom stereocenters. The molecule has 0 spiro atoms. The predicted molar refractivity (Wildman–Crippen MR) is 99.9 cm³/mol. The van der Waals surface area contributed by atoms with Crippen molar-refractivity contribution >= 4 is 27.9 Å². The third-order valence-electron chi connectivity index (χ3n) is 4.15. The van der Waals surface area contributed by atoms with Crippen molar-refractivity contribution in [3.05, 3.63) is 80.8 Å². The van der Waals surface area contributed by atoms with Crippen molar-refractivity contribution < 1.29 is 18.4 Å². The Bertz CT molecular complexity index is 1280. The van der Waals surface area contributed by atoms with E-state index in [0.29, 0.717) is 11.3 Å². The Morgan fingerprint density at radius 1 is 1.00 bits per heavy atom. The van der Waals surface area contributed by atoms with E-state index < -0.39 is 11.6 Å². The van der Waals surface area contributed by atoms with Crippen LogP contribution in [0, 0.1) is 0 Å². The summed E-state index contributed by atoms with van der Waals surface area (Å²) in [7, 11) is 0. The number of carbonyl (C=O) groups is 1. The summed E-state index contributed by atoms with van der Waals surface area (Å²) in [6.07, 6.45) is 0. The van der Waals surface area contributed by atoms with Crippen molar-refractivity contribution in [2.75, 3.05) is 6.61 Å². The highest BCUT2D eigenvalue weighted by Crippen LogP contribution is 2.30. The number of rotatable bonds is 3. The molecule has 0 aliphatic heterocycles. The third-order valence-corrected chi connectivity index (χ3v) is 4.15. The summed E-state index contributed by atoms with van der Waals surface area (Å²) in [5.74, 6) is -0.336. The molecule has 6 heteroatoms. The number of esters is 1. The zero-order valence-corrected chi connectivity index (χ0v) is 14.4. The highest BCUT2D eigenvalue weighted by Gasteiger charge is 2.20. The minimum atomic E-state index is -0.688. The van der Waals surface area contributed by atoms with Gasteiger partial charge in [-0.05, 0) is 19.1 Å². The summed E-state index contributed by atoms with van der Waals surface area (Å²) >= 11 is 0. The number of hydrogen-bond acceptors (Lipinski definition) is 6. The van der Waals surface area contributed by atoms with Gasteiger partial charge in [-0.2, -0.15) is 0 Å². The fraction of sp³-hybridized carbons (Fsp3) is 0.0952. The molecule has 0 radical (unpaired) electrons. The Kier molecular flexibility index (Phi) is 4.08. The lowest BCUT2D eigenvalue weighted by molar-refractivity contribution is 0.0528. The van der Waals surface area contributed by atoms with Crippen LogP contribution >= 0.6 is 0 Å². The fourth-order valence-electron chi connectivity index (χ4n) is 2.98.